The van der Waals surface area contributed by atoms with Crippen LogP contribution in [0.3, 0.4) is 0 Å². The van der Waals surface area contributed by atoms with Gasteiger partial charge < -0.3 is 14.2 Å². The van der Waals surface area contributed by atoms with Gasteiger partial charge in [0.25, 0.3) is 5.56 Å². The van der Waals surface area contributed by atoms with Crippen molar-refractivity contribution in [3.05, 3.63) is 61.5 Å². The molecule has 1 fully saturated rings. The second kappa shape index (κ2) is 9.17. The number of benzene rings is 1. The summed E-state index contributed by atoms with van der Waals surface area (Å²) in [4.78, 5) is 47.6. The Kier molecular flexibility index (Phi) is 6.33. The number of hydrogen-bond acceptors (Lipinski definition) is 6. The van der Waals surface area contributed by atoms with Gasteiger partial charge in [-0.1, -0.05) is 29.8 Å². The maximum absolute atomic E-state index is 12.7. The van der Waals surface area contributed by atoms with E-state index in [2.05, 4.69) is 14.9 Å². The van der Waals surface area contributed by atoms with Gasteiger partial charge in [0.15, 0.2) is 11.2 Å². The monoisotopic (exact) mass is 460 g/mol. The highest BCUT2D eigenvalue weighted by molar-refractivity contribution is 6.31. The first-order valence-electron chi connectivity index (χ1n) is 10.4. The van der Waals surface area contributed by atoms with Gasteiger partial charge in [-0.25, -0.2) is 14.6 Å². The summed E-state index contributed by atoms with van der Waals surface area (Å²) < 4.78 is 8.23. The van der Waals surface area contributed by atoms with Gasteiger partial charge in [-0.3, -0.25) is 19.2 Å². The van der Waals surface area contributed by atoms with Crippen molar-refractivity contribution in [3.63, 3.8) is 0 Å². The predicted molar refractivity (Wildman–Crippen MR) is 120 cm³/mol. The van der Waals surface area contributed by atoms with Crippen LogP contribution in [0.1, 0.15) is 18.3 Å². The standard InChI is InChI=1S/C21H25ClN6O4/c1-3-32-21(31)27-10-8-26(9-11-27)13-16-23-18-17(19(29)24-20(30)25(18)2)28(16)12-14-6-4-5-7-15(14)22/h4-7H,3,8-13H2,1-2H3,(H,24,29,30). The number of imidazole rings is 1. The summed E-state index contributed by atoms with van der Waals surface area (Å²) in [6.45, 7) is 5.31. The lowest BCUT2D eigenvalue weighted by atomic mass is 10.2. The fourth-order valence-corrected chi connectivity index (χ4v) is 4.07. The van der Waals surface area contributed by atoms with Gasteiger partial charge in [0.05, 0.1) is 19.7 Å². The number of rotatable bonds is 5. The van der Waals surface area contributed by atoms with Crippen LogP contribution in [0.2, 0.25) is 5.02 Å². The molecule has 11 heteroatoms. The number of aromatic nitrogens is 4. The molecule has 3 aromatic rings. The van der Waals surface area contributed by atoms with Crippen molar-refractivity contribution < 1.29 is 9.53 Å². The first-order valence-corrected chi connectivity index (χ1v) is 10.8. The number of aryl methyl sites for hydroxylation is 1. The highest BCUT2D eigenvalue weighted by atomic mass is 35.5. The summed E-state index contributed by atoms with van der Waals surface area (Å²) in [5, 5.41) is 0.588. The third-order valence-electron chi connectivity index (χ3n) is 5.64. The molecule has 2 aromatic heterocycles. The minimum Gasteiger partial charge on any atom is -0.450 e. The molecule has 0 radical (unpaired) electrons. The third kappa shape index (κ3) is 4.28. The first kappa shape index (κ1) is 22.1. The van der Waals surface area contributed by atoms with E-state index in [1.54, 1.807) is 24.9 Å². The van der Waals surface area contributed by atoms with Crippen LogP contribution in [0.15, 0.2) is 33.9 Å². The van der Waals surface area contributed by atoms with Crippen LogP contribution < -0.4 is 11.2 Å². The Morgan fingerprint density at radius 3 is 2.56 bits per heavy atom. The number of nitrogens with one attached hydrogen (secondary N) is 1. The van der Waals surface area contributed by atoms with Crippen molar-refractivity contribution >= 4 is 28.9 Å². The fraction of sp³-hybridized carbons (Fsp3) is 0.429. The van der Waals surface area contributed by atoms with Crippen molar-refractivity contribution in [2.24, 2.45) is 7.05 Å². The molecule has 3 heterocycles. The Labute approximate surface area is 189 Å². The molecule has 0 bridgehead atoms. The number of carbonyl (C=O) groups excluding carboxylic acids is 1. The zero-order valence-electron chi connectivity index (χ0n) is 18.0. The van der Waals surface area contributed by atoms with E-state index in [9.17, 15) is 14.4 Å². The van der Waals surface area contributed by atoms with Crippen LogP contribution >= 0.6 is 11.6 Å². The predicted octanol–water partition coefficient (Wildman–Crippen LogP) is 1.40. The summed E-state index contributed by atoms with van der Waals surface area (Å²) >= 11 is 6.37. The minimum absolute atomic E-state index is 0.306. The number of hydrogen-bond donors (Lipinski definition) is 1. The lowest BCUT2D eigenvalue weighted by molar-refractivity contribution is 0.0769. The maximum Gasteiger partial charge on any atom is 0.409 e. The van der Waals surface area contributed by atoms with E-state index in [0.717, 1.165) is 5.56 Å². The Balaban J connectivity index is 1.67. The number of ether oxygens (including phenoxy) is 1. The Morgan fingerprint density at radius 2 is 1.88 bits per heavy atom. The molecule has 0 aliphatic carbocycles. The molecule has 1 aromatic carbocycles. The number of fused-ring (bicyclic) bond motifs is 1. The molecule has 1 aliphatic heterocycles. The average Bonchev–Trinajstić information content (AvgIpc) is 3.13. The number of halogens is 1. The maximum atomic E-state index is 12.7. The van der Waals surface area contributed by atoms with E-state index in [1.165, 1.54) is 4.57 Å². The van der Waals surface area contributed by atoms with Crippen molar-refractivity contribution in [1.29, 1.82) is 0 Å². The molecule has 1 amide bonds. The van der Waals surface area contributed by atoms with E-state index in [4.69, 9.17) is 16.3 Å². The second-order valence-electron chi connectivity index (χ2n) is 7.66. The van der Waals surface area contributed by atoms with E-state index < -0.39 is 11.2 Å². The lowest BCUT2D eigenvalue weighted by Gasteiger charge is -2.33. The molecule has 1 aliphatic rings. The molecule has 1 saturated heterocycles. The van der Waals surface area contributed by atoms with E-state index in [1.807, 2.05) is 22.8 Å². The number of nitrogens with zero attached hydrogens (tertiary/aromatic N) is 5. The van der Waals surface area contributed by atoms with Crippen LogP contribution in [0.4, 0.5) is 4.79 Å². The van der Waals surface area contributed by atoms with E-state index in [-0.39, 0.29) is 6.09 Å². The van der Waals surface area contributed by atoms with E-state index in [0.29, 0.717) is 67.9 Å². The Bertz CT molecular complexity index is 1260. The lowest BCUT2D eigenvalue weighted by Crippen LogP contribution is -2.48. The summed E-state index contributed by atoms with van der Waals surface area (Å²) in [5.74, 6) is 0.649. The number of amides is 1. The highest BCUT2D eigenvalue weighted by Gasteiger charge is 2.25. The van der Waals surface area contributed by atoms with Crippen molar-refractivity contribution in [2.75, 3.05) is 32.8 Å². The van der Waals surface area contributed by atoms with Crippen molar-refractivity contribution in [1.82, 2.24) is 28.9 Å². The van der Waals surface area contributed by atoms with Crippen LogP contribution in [0, 0.1) is 0 Å². The van der Waals surface area contributed by atoms with Gasteiger partial charge in [0.2, 0.25) is 0 Å². The molecule has 32 heavy (non-hydrogen) atoms. The van der Waals surface area contributed by atoms with Crippen LogP contribution in [-0.4, -0.2) is 67.8 Å². The molecule has 170 valence electrons. The summed E-state index contributed by atoms with van der Waals surface area (Å²) in [6.07, 6.45) is -0.306. The Morgan fingerprint density at radius 1 is 1.16 bits per heavy atom. The molecule has 4 rings (SSSR count). The zero-order chi connectivity index (χ0) is 22.8. The summed E-state index contributed by atoms with van der Waals surface area (Å²) in [7, 11) is 1.58. The fourth-order valence-electron chi connectivity index (χ4n) is 3.87. The largest absolute Gasteiger partial charge is 0.450 e. The van der Waals surface area contributed by atoms with Gasteiger partial charge in [-0.05, 0) is 18.6 Å². The zero-order valence-corrected chi connectivity index (χ0v) is 18.8. The second-order valence-corrected chi connectivity index (χ2v) is 8.07. The smallest absolute Gasteiger partial charge is 0.409 e. The van der Waals surface area contributed by atoms with Gasteiger partial charge >= 0.3 is 11.8 Å². The summed E-state index contributed by atoms with van der Waals surface area (Å²) in [5.41, 5.74) is 0.494. The van der Waals surface area contributed by atoms with Gasteiger partial charge in [-0.2, -0.15) is 0 Å². The highest BCUT2D eigenvalue weighted by Crippen LogP contribution is 2.21. The summed E-state index contributed by atoms with van der Waals surface area (Å²) in [6, 6.07) is 7.42. The van der Waals surface area contributed by atoms with E-state index >= 15 is 0 Å². The van der Waals surface area contributed by atoms with Crippen LogP contribution in [-0.2, 0) is 24.9 Å². The number of piperazine rings is 1. The molecule has 1 N–H and O–H groups in total. The van der Waals surface area contributed by atoms with Gasteiger partial charge in [0.1, 0.15) is 5.82 Å². The van der Waals surface area contributed by atoms with Crippen LogP contribution in [0.5, 0.6) is 0 Å². The number of aromatic amines is 1. The minimum atomic E-state index is -0.514. The number of carbonyl (C=O) groups is 1. The molecular formula is C21H25ClN6O4. The van der Waals surface area contributed by atoms with Crippen molar-refractivity contribution in [3.8, 4) is 0 Å². The SMILES string of the molecule is CCOC(=O)N1CCN(Cc2nc3c(c(=O)[nH]c(=O)n3C)n2Cc2ccccc2Cl)CC1. The molecule has 0 unspecified atom stereocenters. The molecule has 0 saturated carbocycles. The normalized spacial score (nSPS) is 14.8. The molecule has 0 spiro atoms. The van der Waals surface area contributed by atoms with Gasteiger partial charge in [-0.15, -0.1) is 0 Å². The molecular weight excluding hydrogens is 436 g/mol. The third-order valence-corrected chi connectivity index (χ3v) is 6.00. The molecule has 0 atom stereocenters. The van der Waals surface area contributed by atoms with Crippen LogP contribution in [0.25, 0.3) is 11.2 Å². The topological polar surface area (TPSA) is 105 Å². The average molecular weight is 461 g/mol. The van der Waals surface area contributed by atoms with Gasteiger partial charge in [0, 0.05) is 38.2 Å². The first-order chi connectivity index (χ1) is 15.4. The quantitative estimate of drug-likeness (QED) is 0.617. The number of H-pyrrole nitrogens is 1. The molecule has 10 nitrogen and oxygen atoms in total. The van der Waals surface area contributed by atoms with Crippen molar-refractivity contribution in [2.45, 2.75) is 20.0 Å². The Hall–Kier alpha value is -3.11.